The smallest absolute Gasteiger partial charge is 0.455 e. The Bertz CT molecular complexity index is 1590. The molecule has 0 unspecified atom stereocenters. The molecule has 10 heteroatoms. The van der Waals surface area contributed by atoms with Crippen molar-refractivity contribution in [2.45, 2.75) is 58.0 Å². The Balaban J connectivity index is 1.31. The topological polar surface area (TPSA) is 96.3 Å². The fourth-order valence-corrected chi connectivity index (χ4v) is 8.05. The van der Waals surface area contributed by atoms with E-state index in [0.717, 1.165) is 40.2 Å². The van der Waals surface area contributed by atoms with Crippen LogP contribution in [-0.2, 0) is 20.8 Å². The highest BCUT2D eigenvalue weighted by Crippen LogP contribution is 2.51. The van der Waals surface area contributed by atoms with Gasteiger partial charge in [0, 0.05) is 4.88 Å². The maximum atomic E-state index is 13.9. The van der Waals surface area contributed by atoms with Crippen molar-refractivity contribution >= 4 is 47.9 Å². The zero-order valence-corrected chi connectivity index (χ0v) is 26.8. The van der Waals surface area contributed by atoms with E-state index in [0.29, 0.717) is 24.3 Å². The molecule has 3 aliphatic rings. The van der Waals surface area contributed by atoms with Crippen LogP contribution in [0, 0.1) is 17.8 Å². The SMILES string of the molecule is CCC/C(=C\c1ccc(O)cc1Cl)CC[C@H]1OB(O)C[C@H]2C1=C(COc1ccccc1)C[C@H]1C(=O)N(Cc3cccs3)C(=O)[C@H]12. The lowest BCUT2D eigenvalue weighted by atomic mass is 9.58. The molecule has 0 bridgehead atoms. The molecule has 7 nitrogen and oxygen atoms in total. The van der Waals surface area contributed by atoms with Crippen molar-refractivity contribution in [1.82, 2.24) is 4.90 Å². The minimum atomic E-state index is -1.04. The number of benzene rings is 2. The minimum Gasteiger partial charge on any atom is -0.508 e. The number of carbonyl (C=O) groups excluding carboxylic acids is 2. The molecule has 3 aromatic rings. The molecule has 2 fully saturated rings. The van der Waals surface area contributed by atoms with Gasteiger partial charge < -0.3 is 19.5 Å². The molecule has 2 aromatic carbocycles. The van der Waals surface area contributed by atoms with Gasteiger partial charge in [0.1, 0.15) is 18.1 Å². The van der Waals surface area contributed by atoms with E-state index in [4.69, 9.17) is 21.0 Å². The predicted octanol–water partition coefficient (Wildman–Crippen LogP) is 7.15. The third kappa shape index (κ3) is 6.92. The molecule has 2 aliphatic heterocycles. The molecule has 0 spiro atoms. The van der Waals surface area contributed by atoms with Crippen LogP contribution in [0.25, 0.3) is 6.08 Å². The van der Waals surface area contributed by atoms with E-state index in [1.807, 2.05) is 47.8 Å². The second-order valence-electron chi connectivity index (χ2n) is 12.1. The molecule has 2 N–H and O–H groups in total. The Hall–Kier alpha value is -3.37. The zero-order chi connectivity index (χ0) is 31.5. The fraction of sp³-hybridized carbons (Fsp3) is 0.371. The normalized spacial score (nSPS) is 23.4. The van der Waals surface area contributed by atoms with E-state index in [2.05, 4.69) is 13.0 Å². The first-order chi connectivity index (χ1) is 21.8. The van der Waals surface area contributed by atoms with Crippen LogP contribution in [0.3, 0.4) is 0 Å². The van der Waals surface area contributed by atoms with E-state index < -0.39 is 25.1 Å². The number of carbonyl (C=O) groups is 2. The maximum absolute atomic E-state index is 13.9. The Morgan fingerprint density at radius 3 is 2.67 bits per heavy atom. The molecular weight excluding hydrogens is 609 g/mol. The second-order valence-corrected chi connectivity index (χ2v) is 13.5. The number of amides is 2. The predicted molar refractivity (Wildman–Crippen MR) is 177 cm³/mol. The molecular formula is C35H37BClNO6S. The second kappa shape index (κ2) is 14.0. The molecule has 1 aromatic heterocycles. The van der Waals surface area contributed by atoms with Crippen LogP contribution in [0.2, 0.25) is 11.3 Å². The summed E-state index contributed by atoms with van der Waals surface area (Å²) in [4.78, 5) is 30.1. The van der Waals surface area contributed by atoms with Crippen molar-refractivity contribution in [3.8, 4) is 11.5 Å². The lowest BCUT2D eigenvalue weighted by molar-refractivity contribution is -0.140. The van der Waals surface area contributed by atoms with Crippen molar-refractivity contribution in [2.24, 2.45) is 17.8 Å². The molecule has 3 heterocycles. The van der Waals surface area contributed by atoms with Crippen molar-refractivity contribution in [1.29, 1.82) is 0 Å². The van der Waals surface area contributed by atoms with Gasteiger partial charge in [-0.05, 0) is 96.4 Å². The lowest BCUT2D eigenvalue weighted by Gasteiger charge is -2.43. The number of halogens is 1. The van der Waals surface area contributed by atoms with Crippen molar-refractivity contribution in [3.05, 3.63) is 98.2 Å². The quantitative estimate of drug-likeness (QED) is 0.131. The van der Waals surface area contributed by atoms with Crippen molar-refractivity contribution < 1.29 is 29.1 Å². The van der Waals surface area contributed by atoms with Gasteiger partial charge in [-0.2, -0.15) is 0 Å². The number of allylic oxidation sites excluding steroid dienone is 1. The molecule has 6 rings (SSSR count). The Morgan fingerprint density at radius 2 is 1.93 bits per heavy atom. The standard InChI is InChI=1S/C35H37BClNO6S/c1-2-7-22(16-23-12-13-25(39)18-30(23)37)11-14-31-32-24(21-43-26-8-4-3-5-9-26)17-28-33(29(32)19-36(42)44-31)35(41)38(34(28)40)20-27-10-6-15-45-27/h3-6,8-10,12-13,15-16,18,28-29,31,33,39,42H,2,7,11,14,17,19-21H2,1H3/b22-16+/t28-,29+,31-,33-/m1/s1. The van der Waals surface area contributed by atoms with Crippen molar-refractivity contribution in [2.75, 3.05) is 6.61 Å². The molecule has 2 saturated heterocycles. The van der Waals surface area contributed by atoms with Gasteiger partial charge in [-0.15, -0.1) is 11.3 Å². The zero-order valence-electron chi connectivity index (χ0n) is 25.2. The first-order valence-corrected chi connectivity index (χ1v) is 16.9. The van der Waals surface area contributed by atoms with Gasteiger partial charge in [0.2, 0.25) is 11.8 Å². The minimum absolute atomic E-state index is 0.117. The molecule has 0 radical (unpaired) electrons. The number of fused-ring (bicyclic) bond motifs is 3. The van der Waals surface area contributed by atoms with E-state index in [9.17, 15) is 19.7 Å². The number of thiophene rings is 1. The van der Waals surface area contributed by atoms with Crippen LogP contribution in [0.5, 0.6) is 11.5 Å². The monoisotopic (exact) mass is 645 g/mol. The third-order valence-corrected chi connectivity index (χ3v) is 10.3. The molecule has 45 heavy (non-hydrogen) atoms. The number of ether oxygens (including phenoxy) is 1. The molecule has 1 aliphatic carbocycles. The average Bonchev–Trinajstić information content (AvgIpc) is 3.63. The number of hydrogen-bond acceptors (Lipinski definition) is 7. The van der Waals surface area contributed by atoms with Gasteiger partial charge in [0.15, 0.2) is 0 Å². The third-order valence-electron chi connectivity index (χ3n) is 9.09. The fourth-order valence-electron chi connectivity index (χ4n) is 7.12. The number of rotatable bonds is 11. The number of imide groups is 1. The molecule has 2 amide bonds. The van der Waals surface area contributed by atoms with Crippen LogP contribution in [0.15, 0.2) is 82.8 Å². The summed E-state index contributed by atoms with van der Waals surface area (Å²) in [5.74, 6) is -0.802. The summed E-state index contributed by atoms with van der Waals surface area (Å²) < 4.78 is 12.5. The van der Waals surface area contributed by atoms with Gasteiger partial charge in [-0.3, -0.25) is 14.5 Å². The average molecular weight is 646 g/mol. The summed E-state index contributed by atoms with van der Waals surface area (Å²) in [6.45, 7) is 2.67. The Kier molecular flexibility index (Phi) is 9.80. The number of nitrogens with zero attached hydrogens (tertiary/aromatic N) is 1. The number of para-hydroxylation sites is 1. The Morgan fingerprint density at radius 1 is 1.11 bits per heavy atom. The maximum Gasteiger partial charge on any atom is 0.455 e. The summed E-state index contributed by atoms with van der Waals surface area (Å²) in [7, 11) is -1.04. The lowest BCUT2D eigenvalue weighted by Crippen LogP contribution is -2.46. The highest BCUT2D eigenvalue weighted by atomic mass is 35.5. The van der Waals surface area contributed by atoms with E-state index >= 15 is 0 Å². The molecule has 0 saturated carbocycles. The number of phenols is 1. The van der Waals surface area contributed by atoms with Gasteiger partial charge in [-0.25, -0.2) is 0 Å². The number of aromatic hydroxyl groups is 1. The summed E-state index contributed by atoms with van der Waals surface area (Å²) in [5.41, 5.74) is 3.98. The summed E-state index contributed by atoms with van der Waals surface area (Å²) >= 11 is 7.95. The van der Waals surface area contributed by atoms with Crippen molar-refractivity contribution in [3.63, 3.8) is 0 Å². The highest BCUT2D eigenvalue weighted by molar-refractivity contribution is 7.09. The molecule has 234 valence electrons. The van der Waals surface area contributed by atoms with Gasteiger partial charge in [0.05, 0.1) is 29.5 Å². The summed E-state index contributed by atoms with van der Waals surface area (Å²) in [6.07, 6.45) is 5.40. The van der Waals surface area contributed by atoms with Crippen LogP contribution in [0.4, 0.5) is 0 Å². The van der Waals surface area contributed by atoms with E-state index in [-0.39, 0.29) is 43.0 Å². The molecule has 4 atom stereocenters. The van der Waals surface area contributed by atoms with E-state index in [1.54, 1.807) is 12.1 Å². The highest BCUT2D eigenvalue weighted by Gasteiger charge is 2.57. The van der Waals surface area contributed by atoms with Crippen LogP contribution < -0.4 is 4.74 Å². The van der Waals surface area contributed by atoms with Crippen LogP contribution >= 0.6 is 22.9 Å². The number of hydrogen-bond donors (Lipinski definition) is 2. The number of phenolic OH excluding ortho intramolecular Hbond substituents is 1. The number of likely N-dealkylation sites (tertiary alicyclic amines) is 1. The first kappa shape index (κ1) is 31.6. The summed E-state index contributed by atoms with van der Waals surface area (Å²) in [6, 6.07) is 18.4. The largest absolute Gasteiger partial charge is 0.508 e. The van der Waals surface area contributed by atoms with Crippen LogP contribution in [0.1, 0.15) is 49.5 Å². The Labute approximate surface area is 273 Å². The summed E-state index contributed by atoms with van der Waals surface area (Å²) in [5, 5.41) is 23.2. The van der Waals surface area contributed by atoms with Gasteiger partial charge in [0.25, 0.3) is 0 Å². The van der Waals surface area contributed by atoms with E-state index in [1.165, 1.54) is 27.9 Å². The van der Waals surface area contributed by atoms with Gasteiger partial charge in [-0.1, -0.05) is 60.9 Å². The first-order valence-electron chi connectivity index (χ1n) is 15.6. The van der Waals surface area contributed by atoms with Crippen LogP contribution in [-0.4, -0.2) is 46.7 Å². The van der Waals surface area contributed by atoms with Gasteiger partial charge >= 0.3 is 7.12 Å².